The van der Waals surface area contributed by atoms with Crippen LogP contribution in [0.1, 0.15) is 61.7 Å². The average molecular weight is 460 g/mol. The molecule has 3 aromatic rings. The molecule has 2 aromatic heterocycles. The van der Waals surface area contributed by atoms with Crippen molar-refractivity contribution in [2.24, 2.45) is 0 Å². The van der Waals surface area contributed by atoms with E-state index in [0.717, 1.165) is 30.8 Å². The van der Waals surface area contributed by atoms with Crippen molar-refractivity contribution in [1.82, 2.24) is 25.6 Å². The first-order valence-electron chi connectivity index (χ1n) is 11.7. The minimum Gasteiger partial charge on any atom is -0.350 e. The highest BCUT2D eigenvalue weighted by molar-refractivity contribution is 5.99. The summed E-state index contributed by atoms with van der Waals surface area (Å²) in [5.74, 6) is 1.18. The van der Waals surface area contributed by atoms with Gasteiger partial charge in [-0.1, -0.05) is 26.8 Å². The highest BCUT2D eigenvalue weighted by Gasteiger charge is 2.19. The summed E-state index contributed by atoms with van der Waals surface area (Å²) in [5.41, 5.74) is 4.99. The van der Waals surface area contributed by atoms with E-state index in [4.69, 9.17) is 0 Å². The maximum absolute atomic E-state index is 12.8. The van der Waals surface area contributed by atoms with Crippen LogP contribution in [-0.4, -0.2) is 33.4 Å². The SMILES string of the molecule is CC(C)NC(=O)c1cnc(Nc2ccc3c(c2)CNCC3)nc1Nc1cc(C(C)(C)C)ccn1. The zero-order valence-corrected chi connectivity index (χ0v) is 20.5. The molecule has 0 saturated heterocycles. The minimum atomic E-state index is -0.240. The van der Waals surface area contributed by atoms with Gasteiger partial charge < -0.3 is 21.3 Å². The van der Waals surface area contributed by atoms with Crippen molar-refractivity contribution < 1.29 is 4.79 Å². The van der Waals surface area contributed by atoms with Crippen LogP contribution in [0.3, 0.4) is 0 Å². The fourth-order valence-electron chi connectivity index (χ4n) is 3.82. The molecule has 1 aliphatic rings. The second-order valence-corrected chi connectivity index (χ2v) is 9.92. The lowest BCUT2D eigenvalue weighted by Gasteiger charge is -2.20. The Morgan fingerprint density at radius 3 is 2.65 bits per heavy atom. The lowest BCUT2D eigenvalue weighted by Crippen LogP contribution is -2.31. The van der Waals surface area contributed by atoms with E-state index in [-0.39, 0.29) is 17.4 Å². The summed E-state index contributed by atoms with van der Waals surface area (Å²) in [6.07, 6.45) is 4.34. The van der Waals surface area contributed by atoms with Crippen LogP contribution >= 0.6 is 0 Å². The van der Waals surface area contributed by atoms with Gasteiger partial charge in [0.1, 0.15) is 17.2 Å². The number of carbonyl (C=O) groups excluding carboxylic acids is 1. The molecule has 0 atom stereocenters. The third-order valence-electron chi connectivity index (χ3n) is 5.67. The smallest absolute Gasteiger partial charge is 0.256 e. The quantitative estimate of drug-likeness (QED) is 0.432. The summed E-state index contributed by atoms with van der Waals surface area (Å²) in [6.45, 7) is 12.1. The van der Waals surface area contributed by atoms with Gasteiger partial charge in [-0.15, -0.1) is 0 Å². The summed E-state index contributed by atoms with van der Waals surface area (Å²) in [5, 5.41) is 12.8. The van der Waals surface area contributed by atoms with E-state index in [9.17, 15) is 4.79 Å². The Balaban J connectivity index is 1.65. The minimum absolute atomic E-state index is 0.00963. The normalized spacial score (nSPS) is 13.4. The highest BCUT2D eigenvalue weighted by Crippen LogP contribution is 2.27. The fraction of sp³-hybridized carbons (Fsp3) is 0.385. The van der Waals surface area contributed by atoms with Crippen LogP contribution in [0.5, 0.6) is 0 Å². The molecule has 3 heterocycles. The van der Waals surface area contributed by atoms with Crippen LogP contribution in [0.4, 0.5) is 23.3 Å². The van der Waals surface area contributed by atoms with Crippen LogP contribution in [0.2, 0.25) is 0 Å². The predicted octanol–water partition coefficient (Wildman–Crippen LogP) is 4.44. The number of benzene rings is 1. The highest BCUT2D eigenvalue weighted by atomic mass is 16.1. The van der Waals surface area contributed by atoms with Gasteiger partial charge in [0.05, 0.1) is 0 Å². The van der Waals surface area contributed by atoms with Crippen molar-refractivity contribution in [2.75, 3.05) is 17.2 Å². The van der Waals surface area contributed by atoms with Gasteiger partial charge in [-0.3, -0.25) is 4.79 Å². The van der Waals surface area contributed by atoms with Gasteiger partial charge in [0.2, 0.25) is 5.95 Å². The summed E-state index contributed by atoms with van der Waals surface area (Å²) >= 11 is 0. The Kier molecular flexibility index (Phi) is 6.79. The lowest BCUT2D eigenvalue weighted by molar-refractivity contribution is 0.0943. The number of fused-ring (bicyclic) bond motifs is 1. The number of anilines is 4. The molecule has 4 rings (SSSR count). The lowest BCUT2D eigenvalue weighted by atomic mass is 9.88. The van der Waals surface area contributed by atoms with E-state index in [2.05, 4.69) is 69.1 Å². The van der Waals surface area contributed by atoms with Crippen molar-refractivity contribution in [3.05, 3.63) is 65.0 Å². The molecule has 8 heteroatoms. The van der Waals surface area contributed by atoms with Gasteiger partial charge in [-0.25, -0.2) is 9.97 Å². The molecule has 0 bridgehead atoms. The maximum atomic E-state index is 12.8. The van der Waals surface area contributed by atoms with Gasteiger partial charge in [0.25, 0.3) is 5.91 Å². The first-order chi connectivity index (χ1) is 16.2. The molecule has 0 radical (unpaired) electrons. The van der Waals surface area contributed by atoms with E-state index in [1.807, 2.05) is 32.0 Å². The fourth-order valence-corrected chi connectivity index (χ4v) is 3.82. The molecule has 4 N–H and O–H groups in total. The standard InChI is InChI=1S/C26H33N7O/c1-16(2)30-24(34)21-15-29-25(31-20-7-6-17-8-10-27-14-18(17)12-20)33-23(21)32-22-13-19(9-11-28-22)26(3,4)5/h6-7,9,11-13,15-16,27H,8,10,14H2,1-5H3,(H,30,34)(H2,28,29,31,32,33). The first kappa shape index (κ1) is 23.6. The summed E-state index contributed by atoms with van der Waals surface area (Å²) < 4.78 is 0. The number of hydrogen-bond donors (Lipinski definition) is 4. The largest absolute Gasteiger partial charge is 0.350 e. The number of pyridine rings is 1. The van der Waals surface area contributed by atoms with Crippen LogP contribution in [0.15, 0.2) is 42.7 Å². The van der Waals surface area contributed by atoms with Gasteiger partial charge in [0.15, 0.2) is 0 Å². The number of rotatable bonds is 6. The van der Waals surface area contributed by atoms with Crippen molar-refractivity contribution in [3.63, 3.8) is 0 Å². The third-order valence-corrected chi connectivity index (χ3v) is 5.67. The number of carbonyl (C=O) groups is 1. The number of amides is 1. The maximum Gasteiger partial charge on any atom is 0.256 e. The van der Waals surface area contributed by atoms with E-state index in [1.54, 1.807) is 12.4 Å². The zero-order chi connectivity index (χ0) is 24.3. The Morgan fingerprint density at radius 1 is 1.06 bits per heavy atom. The molecular formula is C26H33N7O. The van der Waals surface area contributed by atoms with E-state index >= 15 is 0 Å². The van der Waals surface area contributed by atoms with Crippen molar-refractivity contribution in [1.29, 1.82) is 0 Å². The molecule has 0 fully saturated rings. The molecule has 34 heavy (non-hydrogen) atoms. The topological polar surface area (TPSA) is 104 Å². The molecular weight excluding hydrogens is 426 g/mol. The summed E-state index contributed by atoms with van der Waals surface area (Å²) in [7, 11) is 0. The Bertz CT molecular complexity index is 1180. The monoisotopic (exact) mass is 459 g/mol. The van der Waals surface area contributed by atoms with Gasteiger partial charge in [-0.05, 0) is 73.2 Å². The molecule has 178 valence electrons. The van der Waals surface area contributed by atoms with E-state index < -0.39 is 0 Å². The number of hydrogen-bond acceptors (Lipinski definition) is 7. The van der Waals surface area contributed by atoms with Crippen molar-refractivity contribution in [2.45, 2.75) is 59.0 Å². The number of nitrogens with zero attached hydrogens (tertiary/aromatic N) is 3. The predicted molar refractivity (Wildman–Crippen MR) is 136 cm³/mol. The zero-order valence-electron chi connectivity index (χ0n) is 20.5. The Labute approximate surface area is 201 Å². The molecule has 0 aliphatic carbocycles. The van der Waals surface area contributed by atoms with Crippen LogP contribution in [0.25, 0.3) is 0 Å². The first-order valence-corrected chi connectivity index (χ1v) is 11.7. The van der Waals surface area contributed by atoms with Crippen molar-refractivity contribution in [3.8, 4) is 0 Å². The van der Waals surface area contributed by atoms with Gasteiger partial charge in [-0.2, -0.15) is 4.98 Å². The van der Waals surface area contributed by atoms with Crippen molar-refractivity contribution >= 4 is 29.2 Å². The summed E-state index contributed by atoms with van der Waals surface area (Å²) in [6, 6.07) is 10.3. The van der Waals surface area contributed by atoms with Gasteiger partial charge in [0, 0.05) is 30.7 Å². The molecule has 8 nitrogen and oxygen atoms in total. The number of aromatic nitrogens is 3. The molecule has 1 aliphatic heterocycles. The molecule has 1 amide bonds. The Morgan fingerprint density at radius 2 is 1.88 bits per heavy atom. The number of nitrogens with one attached hydrogen (secondary N) is 4. The average Bonchev–Trinajstić information content (AvgIpc) is 2.78. The van der Waals surface area contributed by atoms with Gasteiger partial charge >= 0.3 is 0 Å². The van der Waals surface area contributed by atoms with Crippen LogP contribution < -0.4 is 21.3 Å². The van der Waals surface area contributed by atoms with E-state index in [1.165, 1.54) is 11.1 Å². The van der Waals surface area contributed by atoms with Crippen LogP contribution in [-0.2, 0) is 18.4 Å². The van der Waals surface area contributed by atoms with E-state index in [0.29, 0.717) is 23.1 Å². The summed E-state index contributed by atoms with van der Waals surface area (Å²) in [4.78, 5) is 26.3. The molecule has 0 spiro atoms. The second kappa shape index (κ2) is 9.77. The molecule has 1 aromatic carbocycles. The van der Waals surface area contributed by atoms with Crippen LogP contribution in [0, 0.1) is 0 Å². The Hall–Kier alpha value is -3.52. The molecule has 0 saturated carbocycles. The molecule has 0 unspecified atom stereocenters. The second-order valence-electron chi connectivity index (χ2n) is 9.92. The third kappa shape index (κ3) is 5.69.